The number of aromatic nitrogens is 3. The molecule has 3 heterocycles. The van der Waals surface area contributed by atoms with Gasteiger partial charge in [-0.15, -0.1) is 11.3 Å². The molecule has 0 atom stereocenters. The summed E-state index contributed by atoms with van der Waals surface area (Å²) in [5, 5.41) is 20.0. The van der Waals surface area contributed by atoms with Gasteiger partial charge in [-0.1, -0.05) is 24.3 Å². The van der Waals surface area contributed by atoms with Crippen molar-refractivity contribution < 1.29 is 18.3 Å². The van der Waals surface area contributed by atoms with E-state index in [1.165, 1.54) is 17.7 Å². The Morgan fingerprint density at radius 2 is 1.86 bits per heavy atom. The van der Waals surface area contributed by atoms with E-state index in [4.69, 9.17) is 10.5 Å². The van der Waals surface area contributed by atoms with Gasteiger partial charge in [-0.2, -0.15) is 10.4 Å². The number of hydrogen-bond donors (Lipinski definition) is 3. The number of ether oxygens (including phenoxy) is 1. The Morgan fingerprint density at radius 1 is 1.17 bits per heavy atom. The quantitative estimate of drug-likeness (QED) is 0.368. The van der Waals surface area contributed by atoms with Crippen LogP contribution in [0.3, 0.4) is 0 Å². The van der Waals surface area contributed by atoms with Crippen molar-refractivity contribution in [1.29, 1.82) is 5.26 Å². The third kappa shape index (κ3) is 4.37. The molecule has 1 aliphatic heterocycles. The molecule has 0 unspecified atom stereocenters. The lowest BCUT2D eigenvalue weighted by molar-refractivity contribution is 0.123. The van der Waals surface area contributed by atoms with Crippen LogP contribution < -0.4 is 16.0 Å². The van der Waals surface area contributed by atoms with Crippen molar-refractivity contribution in [2.24, 2.45) is 5.73 Å². The first-order valence-electron chi connectivity index (χ1n) is 10.9. The van der Waals surface area contributed by atoms with Crippen molar-refractivity contribution in [3.63, 3.8) is 0 Å². The molecule has 2 aromatic heterocycles. The van der Waals surface area contributed by atoms with Gasteiger partial charge in [0.1, 0.15) is 29.0 Å². The number of morpholine rings is 1. The summed E-state index contributed by atoms with van der Waals surface area (Å²) in [6.07, 6.45) is 1.40. The first-order chi connectivity index (χ1) is 17.5. The van der Waals surface area contributed by atoms with Gasteiger partial charge in [-0.05, 0) is 17.2 Å². The highest BCUT2D eigenvalue weighted by Crippen LogP contribution is 2.46. The van der Waals surface area contributed by atoms with E-state index in [-0.39, 0.29) is 11.3 Å². The van der Waals surface area contributed by atoms with Crippen LogP contribution in [0.15, 0.2) is 42.7 Å². The van der Waals surface area contributed by atoms with Crippen LogP contribution in [0.4, 0.5) is 24.3 Å². The van der Waals surface area contributed by atoms with Crippen molar-refractivity contribution >= 4 is 28.1 Å². The molecule has 0 bridgehead atoms. The maximum absolute atomic E-state index is 14.7. The number of nitrogens with one attached hydrogen (secondary N) is 2. The van der Waals surface area contributed by atoms with Gasteiger partial charge in [0.25, 0.3) is 0 Å². The summed E-state index contributed by atoms with van der Waals surface area (Å²) in [6, 6.07) is 9.87. The fourth-order valence-corrected chi connectivity index (χ4v) is 5.44. The van der Waals surface area contributed by atoms with Crippen LogP contribution in [0.2, 0.25) is 0 Å². The summed E-state index contributed by atoms with van der Waals surface area (Å²) in [4.78, 5) is 18.5. The first kappa shape index (κ1) is 23.4. The van der Waals surface area contributed by atoms with E-state index in [0.717, 1.165) is 22.0 Å². The number of carbonyl (C=O) groups excluding carboxylic acids is 1. The number of primary amides is 1. The number of thiophene rings is 1. The minimum atomic E-state index is -0.942. The fourth-order valence-electron chi connectivity index (χ4n) is 4.17. The molecule has 1 fully saturated rings. The predicted octanol–water partition coefficient (Wildman–Crippen LogP) is 4.34. The van der Waals surface area contributed by atoms with E-state index in [1.54, 1.807) is 24.3 Å². The van der Waals surface area contributed by atoms with E-state index >= 15 is 0 Å². The average Bonchev–Trinajstić information content (AvgIpc) is 3.52. The van der Waals surface area contributed by atoms with E-state index in [1.807, 2.05) is 0 Å². The molecule has 0 aliphatic carbocycles. The van der Waals surface area contributed by atoms with Gasteiger partial charge >= 0.3 is 6.03 Å². The van der Waals surface area contributed by atoms with Crippen LogP contribution in [0.1, 0.15) is 5.56 Å². The third-order valence-corrected chi connectivity index (χ3v) is 6.96. The van der Waals surface area contributed by atoms with Crippen LogP contribution in [0.25, 0.3) is 33.0 Å². The van der Waals surface area contributed by atoms with Gasteiger partial charge in [0.05, 0.1) is 29.3 Å². The maximum atomic E-state index is 14.7. The zero-order chi connectivity index (χ0) is 25.2. The summed E-state index contributed by atoms with van der Waals surface area (Å²) < 4.78 is 34.0. The number of H-pyrrole nitrogens is 1. The lowest BCUT2D eigenvalue weighted by Gasteiger charge is -2.27. The molecular weight excluding hydrogens is 488 g/mol. The summed E-state index contributed by atoms with van der Waals surface area (Å²) in [6.45, 7) is 2.44. The molecule has 36 heavy (non-hydrogen) atoms. The molecule has 4 N–H and O–H groups in total. The molecule has 0 radical (unpaired) electrons. The normalized spacial score (nSPS) is 13.4. The molecule has 2 aromatic carbocycles. The van der Waals surface area contributed by atoms with Crippen LogP contribution in [-0.4, -0.2) is 47.5 Å². The Balaban J connectivity index is 1.62. The molecule has 12 heteroatoms. The first-order valence-corrected chi connectivity index (χ1v) is 11.7. The zero-order valence-corrected chi connectivity index (χ0v) is 19.5. The van der Waals surface area contributed by atoms with Crippen LogP contribution in [0.5, 0.6) is 0 Å². The summed E-state index contributed by atoms with van der Waals surface area (Å²) >= 11 is 1.43. The standard InChI is InChI=1S/C24H19F2N7O2S/c25-15-9-17(26)20(18(10-15)31-24(28)34)14-3-1-13(2-4-14)19-16(11-27)23(33-5-7-35-8-6-33)36-21(19)22-29-12-30-32-22/h1-4,9-10,12H,5-8H2,(H3,28,31,34)(H,29,30,32). The second kappa shape index (κ2) is 9.73. The largest absolute Gasteiger partial charge is 0.378 e. The number of anilines is 2. The number of aromatic amines is 1. The number of urea groups is 1. The van der Waals surface area contributed by atoms with Crippen molar-refractivity contribution in [3.8, 4) is 39.0 Å². The van der Waals surface area contributed by atoms with E-state index < -0.39 is 17.7 Å². The number of halogens is 2. The topological polar surface area (TPSA) is 133 Å². The molecule has 1 saturated heterocycles. The number of rotatable bonds is 5. The van der Waals surface area contributed by atoms with Crippen molar-refractivity contribution in [2.45, 2.75) is 0 Å². The highest BCUT2D eigenvalue weighted by Gasteiger charge is 2.27. The number of nitrogens with zero attached hydrogens (tertiary/aromatic N) is 4. The fraction of sp³-hybridized carbons (Fsp3) is 0.167. The molecule has 9 nitrogen and oxygen atoms in total. The van der Waals surface area contributed by atoms with Crippen molar-refractivity contribution in [1.82, 2.24) is 15.2 Å². The number of benzene rings is 2. The second-order valence-corrected chi connectivity index (χ2v) is 8.91. The highest BCUT2D eigenvalue weighted by molar-refractivity contribution is 7.20. The van der Waals surface area contributed by atoms with E-state index in [9.17, 15) is 18.8 Å². The van der Waals surface area contributed by atoms with Gasteiger partial charge in [0, 0.05) is 30.3 Å². The summed E-state index contributed by atoms with van der Waals surface area (Å²) in [7, 11) is 0. The number of hydrogen-bond acceptors (Lipinski definition) is 7. The predicted molar refractivity (Wildman–Crippen MR) is 131 cm³/mol. The Bertz CT molecular complexity index is 1460. The SMILES string of the molecule is N#Cc1c(N2CCOCC2)sc(-c2ncn[nH]2)c1-c1ccc(-c2c(F)cc(F)cc2NC(N)=O)cc1. The second-order valence-electron chi connectivity index (χ2n) is 7.91. The maximum Gasteiger partial charge on any atom is 0.316 e. The lowest BCUT2D eigenvalue weighted by atomic mass is 9.96. The Labute approximate surface area is 208 Å². The van der Waals surface area contributed by atoms with Gasteiger partial charge < -0.3 is 20.7 Å². The Morgan fingerprint density at radius 3 is 2.47 bits per heavy atom. The Kier molecular flexibility index (Phi) is 6.32. The lowest BCUT2D eigenvalue weighted by Crippen LogP contribution is -2.36. The van der Waals surface area contributed by atoms with Gasteiger partial charge in [0.2, 0.25) is 0 Å². The van der Waals surface area contributed by atoms with Crippen LogP contribution >= 0.6 is 11.3 Å². The van der Waals surface area contributed by atoms with E-state index in [2.05, 4.69) is 31.5 Å². The van der Waals surface area contributed by atoms with Crippen LogP contribution in [0, 0.1) is 23.0 Å². The van der Waals surface area contributed by atoms with E-state index in [0.29, 0.717) is 54.4 Å². The number of nitrogens with two attached hydrogens (primary N) is 1. The number of amides is 2. The molecule has 4 aromatic rings. The molecule has 182 valence electrons. The smallest absolute Gasteiger partial charge is 0.316 e. The summed E-state index contributed by atoms with van der Waals surface area (Å²) in [5.41, 5.74) is 7.34. The van der Waals surface area contributed by atoms with Crippen LogP contribution in [-0.2, 0) is 4.74 Å². The van der Waals surface area contributed by atoms with Gasteiger partial charge in [-0.3, -0.25) is 5.10 Å². The van der Waals surface area contributed by atoms with Crippen molar-refractivity contribution in [3.05, 3.63) is 59.9 Å². The molecule has 0 spiro atoms. The minimum absolute atomic E-state index is 0.00274. The molecular formula is C24H19F2N7O2S. The van der Waals surface area contributed by atoms with Crippen molar-refractivity contribution in [2.75, 3.05) is 36.5 Å². The highest BCUT2D eigenvalue weighted by atomic mass is 32.1. The number of carbonyl (C=O) groups is 1. The molecule has 1 aliphatic rings. The average molecular weight is 508 g/mol. The molecule has 0 saturated carbocycles. The number of nitriles is 1. The monoisotopic (exact) mass is 507 g/mol. The Hall–Kier alpha value is -4.34. The minimum Gasteiger partial charge on any atom is -0.378 e. The molecule has 2 amide bonds. The zero-order valence-electron chi connectivity index (χ0n) is 18.7. The third-order valence-electron chi connectivity index (χ3n) is 5.70. The van der Waals surface area contributed by atoms with Gasteiger partial charge in [-0.25, -0.2) is 18.6 Å². The van der Waals surface area contributed by atoms with Gasteiger partial charge in [0.15, 0.2) is 5.82 Å². The summed E-state index contributed by atoms with van der Waals surface area (Å²) in [5.74, 6) is -1.18. The molecule has 5 rings (SSSR count).